The van der Waals surface area contributed by atoms with Crippen molar-refractivity contribution in [3.63, 3.8) is 0 Å². The Balaban J connectivity index is 1.38. The molecule has 0 atom stereocenters. The number of rotatable bonds is 4. The summed E-state index contributed by atoms with van der Waals surface area (Å²) in [6.45, 7) is 8.99. The van der Waals surface area contributed by atoms with Gasteiger partial charge in [0.15, 0.2) is 0 Å². The van der Waals surface area contributed by atoms with Crippen LogP contribution < -0.4 is 4.90 Å². The van der Waals surface area contributed by atoms with E-state index in [0.717, 1.165) is 31.7 Å². The van der Waals surface area contributed by atoms with Crippen molar-refractivity contribution >= 4 is 17.3 Å². The first kappa shape index (κ1) is 18.0. The van der Waals surface area contributed by atoms with E-state index in [4.69, 9.17) is 16.0 Å². The molecular formula is C21H23ClN4O. The molecule has 3 aromatic rings. The van der Waals surface area contributed by atoms with Gasteiger partial charge in [-0.15, -0.1) is 10.2 Å². The molecule has 1 fully saturated rings. The Morgan fingerprint density at radius 3 is 2.56 bits per heavy atom. The second kappa shape index (κ2) is 7.71. The van der Waals surface area contributed by atoms with E-state index in [1.165, 1.54) is 16.8 Å². The van der Waals surface area contributed by atoms with E-state index < -0.39 is 0 Å². The highest BCUT2D eigenvalue weighted by Crippen LogP contribution is 2.25. The van der Waals surface area contributed by atoms with Gasteiger partial charge in [0.1, 0.15) is 0 Å². The summed E-state index contributed by atoms with van der Waals surface area (Å²) < 4.78 is 5.84. The number of halogens is 1. The Hall–Kier alpha value is -2.37. The molecule has 1 saturated heterocycles. The molecule has 0 unspecified atom stereocenters. The maximum Gasteiger partial charge on any atom is 0.247 e. The van der Waals surface area contributed by atoms with Crippen molar-refractivity contribution in [2.75, 3.05) is 31.1 Å². The van der Waals surface area contributed by atoms with E-state index in [1.54, 1.807) is 0 Å². The Bertz CT molecular complexity index is 931. The third-order valence-corrected chi connectivity index (χ3v) is 5.42. The van der Waals surface area contributed by atoms with Crippen molar-refractivity contribution in [1.82, 2.24) is 15.1 Å². The average Bonchev–Trinajstić information content (AvgIpc) is 3.13. The first-order valence-electron chi connectivity index (χ1n) is 9.22. The van der Waals surface area contributed by atoms with Gasteiger partial charge < -0.3 is 9.32 Å². The first-order valence-corrected chi connectivity index (χ1v) is 9.60. The summed E-state index contributed by atoms with van der Waals surface area (Å²) >= 11 is 6.04. The maximum absolute atomic E-state index is 6.04. The third kappa shape index (κ3) is 3.99. The van der Waals surface area contributed by atoms with Crippen LogP contribution >= 0.6 is 11.6 Å². The molecular weight excluding hydrogens is 360 g/mol. The van der Waals surface area contributed by atoms with Crippen LogP contribution in [0, 0.1) is 13.8 Å². The van der Waals surface area contributed by atoms with Gasteiger partial charge in [-0.1, -0.05) is 29.8 Å². The van der Waals surface area contributed by atoms with E-state index in [9.17, 15) is 0 Å². The van der Waals surface area contributed by atoms with Gasteiger partial charge in [0.2, 0.25) is 11.8 Å². The van der Waals surface area contributed by atoms with Gasteiger partial charge in [-0.3, -0.25) is 4.90 Å². The lowest BCUT2D eigenvalue weighted by molar-refractivity contribution is 0.227. The highest BCUT2D eigenvalue weighted by atomic mass is 35.5. The van der Waals surface area contributed by atoms with Crippen LogP contribution in [0.4, 0.5) is 5.69 Å². The fourth-order valence-electron chi connectivity index (χ4n) is 3.47. The molecule has 5 nitrogen and oxygen atoms in total. The summed E-state index contributed by atoms with van der Waals surface area (Å²) in [6, 6.07) is 14.0. The summed E-state index contributed by atoms with van der Waals surface area (Å²) in [4.78, 5) is 4.82. The molecule has 0 radical (unpaired) electrons. The Morgan fingerprint density at radius 1 is 1.00 bits per heavy atom. The zero-order valence-corrected chi connectivity index (χ0v) is 16.4. The van der Waals surface area contributed by atoms with E-state index >= 15 is 0 Å². The van der Waals surface area contributed by atoms with Gasteiger partial charge in [0, 0.05) is 42.5 Å². The summed E-state index contributed by atoms with van der Waals surface area (Å²) in [5, 5.41) is 9.03. The molecule has 2 aromatic carbocycles. The van der Waals surface area contributed by atoms with Gasteiger partial charge in [0.05, 0.1) is 6.54 Å². The molecule has 27 heavy (non-hydrogen) atoms. The van der Waals surface area contributed by atoms with Crippen LogP contribution in [-0.2, 0) is 6.54 Å². The second-order valence-corrected chi connectivity index (χ2v) is 7.43. The van der Waals surface area contributed by atoms with Gasteiger partial charge in [-0.05, 0) is 49.2 Å². The highest BCUT2D eigenvalue weighted by Gasteiger charge is 2.20. The quantitative estimate of drug-likeness (QED) is 0.672. The van der Waals surface area contributed by atoms with E-state index in [0.29, 0.717) is 23.3 Å². The Morgan fingerprint density at radius 2 is 1.78 bits per heavy atom. The number of benzene rings is 2. The van der Waals surface area contributed by atoms with Gasteiger partial charge in [-0.25, -0.2) is 0 Å². The third-order valence-electron chi connectivity index (χ3n) is 5.19. The van der Waals surface area contributed by atoms with Gasteiger partial charge >= 0.3 is 0 Å². The van der Waals surface area contributed by atoms with Crippen molar-refractivity contribution in [1.29, 1.82) is 0 Å². The average molecular weight is 383 g/mol. The van der Waals surface area contributed by atoms with Crippen molar-refractivity contribution < 1.29 is 4.42 Å². The number of nitrogens with zero attached hydrogens (tertiary/aromatic N) is 4. The number of aromatic nitrogens is 2. The van der Waals surface area contributed by atoms with Crippen LogP contribution in [0.1, 0.15) is 17.0 Å². The predicted octanol–water partition coefficient (Wildman–Crippen LogP) is 4.33. The zero-order chi connectivity index (χ0) is 18.8. The van der Waals surface area contributed by atoms with E-state index in [-0.39, 0.29) is 0 Å². The fraction of sp³-hybridized carbons (Fsp3) is 0.333. The molecule has 140 valence electrons. The number of aryl methyl sites for hydroxylation is 1. The number of anilines is 1. The molecule has 1 aliphatic rings. The number of hydrogen-bond acceptors (Lipinski definition) is 5. The lowest BCUT2D eigenvalue weighted by Crippen LogP contribution is -2.46. The molecule has 0 N–H and O–H groups in total. The molecule has 0 saturated carbocycles. The molecule has 1 aromatic heterocycles. The molecule has 0 bridgehead atoms. The minimum absolute atomic E-state index is 0.515. The molecule has 0 amide bonds. The lowest BCUT2D eigenvalue weighted by atomic mass is 10.1. The van der Waals surface area contributed by atoms with Crippen LogP contribution in [0.3, 0.4) is 0 Å². The van der Waals surface area contributed by atoms with Crippen molar-refractivity contribution in [3.05, 3.63) is 64.5 Å². The molecule has 1 aliphatic heterocycles. The van der Waals surface area contributed by atoms with Crippen molar-refractivity contribution in [2.24, 2.45) is 0 Å². The molecule has 0 aliphatic carbocycles. The highest BCUT2D eigenvalue weighted by molar-refractivity contribution is 6.30. The fourth-order valence-corrected chi connectivity index (χ4v) is 3.66. The van der Waals surface area contributed by atoms with Gasteiger partial charge in [-0.2, -0.15) is 0 Å². The van der Waals surface area contributed by atoms with Crippen LogP contribution in [0.2, 0.25) is 5.02 Å². The van der Waals surface area contributed by atoms with E-state index in [2.05, 4.69) is 52.0 Å². The first-order chi connectivity index (χ1) is 13.1. The molecule has 4 rings (SSSR count). The summed E-state index contributed by atoms with van der Waals surface area (Å²) in [5.74, 6) is 1.16. The van der Waals surface area contributed by atoms with Crippen molar-refractivity contribution in [2.45, 2.75) is 20.4 Å². The zero-order valence-electron chi connectivity index (χ0n) is 15.7. The minimum atomic E-state index is 0.515. The maximum atomic E-state index is 6.04. The summed E-state index contributed by atoms with van der Waals surface area (Å²) in [7, 11) is 0. The molecule has 6 heteroatoms. The largest absolute Gasteiger partial charge is 0.419 e. The van der Waals surface area contributed by atoms with E-state index in [1.807, 2.05) is 24.3 Å². The minimum Gasteiger partial charge on any atom is -0.419 e. The second-order valence-electron chi connectivity index (χ2n) is 6.99. The standard InChI is InChI=1S/C21H23ClN4O/c1-15-5-3-8-19(16(15)2)26-11-9-25(10-12-26)14-20-23-24-21(27-20)17-6-4-7-18(22)13-17/h3-8,13H,9-12,14H2,1-2H3. The topological polar surface area (TPSA) is 45.4 Å². The van der Waals surface area contributed by atoms with Crippen LogP contribution in [0.15, 0.2) is 46.9 Å². The monoisotopic (exact) mass is 382 g/mol. The molecule has 2 heterocycles. The number of hydrogen-bond donors (Lipinski definition) is 0. The van der Waals surface area contributed by atoms with Crippen molar-refractivity contribution in [3.8, 4) is 11.5 Å². The van der Waals surface area contributed by atoms with Crippen LogP contribution in [-0.4, -0.2) is 41.3 Å². The van der Waals surface area contributed by atoms with Crippen LogP contribution in [0.5, 0.6) is 0 Å². The predicted molar refractivity (Wildman–Crippen MR) is 108 cm³/mol. The van der Waals surface area contributed by atoms with Crippen LogP contribution in [0.25, 0.3) is 11.5 Å². The van der Waals surface area contributed by atoms with Gasteiger partial charge in [0.25, 0.3) is 0 Å². The lowest BCUT2D eigenvalue weighted by Gasteiger charge is -2.36. The Labute approximate surface area is 164 Å². The summed E-state index contributed by atoms with van der Waals surface area (Å²) in [5.41, 5.74) is 4.90. The summed E-state index contributed by atoms with van der Waals surface area (Å²) in [6.07, 6.45) is 0. The SMILES string of the molecule is Cc1cccc(N2CCN(Cc3nnc(-c4cccc(Cl)c4)o3)CC2)c1C. The normalized spacial score (nSPS) is 15.3. The number of piperazine rings is 1. The molecule has 0 spiro atoms. The Kier molecular flexibility index (Phi) is 5.14. The smallest absolute Gasteiger partial charge is 0.247 e.